The molecule has 9 heteroatoms. The number of carbonyl (C=O) groups excluding carboxylic acids is 1. The summed E-state index contributed by atoms with van der Waals surface area (Å²) in [5, 5.41) is 11.6. The van der Waals surface area contributed by atoms with E-state index in [2.05, 4.69) is 32.3 Å². The fourth-order valence-electron chi connectivity index (χ4n) is 3.94. The van der Waals surface area contributed by atoms with Crippen molar-refractivity contribution in [2.75, 3.05) is 31.6 Å². The van der Waals surface area contributed by atoms with Gasteiger partial charge in [0.15, 0.2) is 5.69 Å². The Bertz CT molecular complexity index is 1090. The number of nitrogens with one attached hydrogen (secondary N) is 1. The first-order valence-corrected chi connectivity index (χ1v) is 11.0. The predicted octanol–water partition coefficient (Wildman–Crippen LogP) is 2.91. The van der Waals surface area contributed by atoms with E-state index in [1.807, 2.05) is 50.1 Å². The molecule has 0 saturated carbocycles. The Kier molecular flexibility index (Phi) is 6.45. The highest BCUT2D eigenvalue weighted by atomic mass is 16.4. The number of aromatic nitrogens is 4. The Balaban J connectivity index is 0.00000306. The van der Waals surface area contributed by atoms with Gasteiger partial charge in [-0.3, -0.25) is 9.78 Å². The molecule has 170 valence electrons. The maximum absolute atomic E-state index is 12.1. The third-order valence-corrected chi connectivity index (χ3v) is 5.73. The van der Waals surface area contributed by atoms with Crippen LogP contribution in [0, 0.1) is 6.92 Å². The van der Waals surface area contributed by atoms with Crippen molar-refractivity contribution in [2.24, 2.45) is 0 Å². The average molecular weight is 438 g/mol. The van der Waals surface area contributed by atoms with Crippen LogP contribution in [0.5, 0.6) is 0 Å². The van der Waals surface area contributed by atoms with Crippen LogP contribution in [0.3, 0.4) is 0 Å². The fourth-order valence-corrected chi connectivity index (χ4v) is 3.94. The van der Waals surface area contributed by atoms with Crippen molar-refractivity contribution in [1.82, 2.24) is 30.4 Å². The highest BCUT2D eigenvalue weighted by Gasteiger charge is 2.28. The average Bonchev–Trinajstić information content (AvgIpc) is 3.29. The number of rotatable bonds is 6. The van der Waals surface area contributed by atoms with Crippen LogP contribution in [0.4, 0.5) is 5.82 Å². The summed E-state index contributed by atoms with van der Waals surface area (Å²) in [6, 6.07) is 8.12. The van der Waals surface area contributed by atoms with Crippen molar-refractivity contribution in [3.63, 3.8) is 0 Å². The van der Waals surface area contributed by atoms with E-state index in [1.165, 1.54) is 5.56 Å². The van der Waals surface area contributed by atoms with Crippen molar-refractivity contribution in [1.29, 1.82) is 0 Å². The normalized spacial score (nSPS) is 16.4. The van der Waals surface area contributed by atoms with Gasteiger partial charge >= 0.3 is 0 Å². The second kappa shape index (κ2) is 9.44. The van der Waals surface area contributed by atoms with Crippen LogP contribution in [0.25, 0.3) is 23.0 Å². The standard InChI is InChI=1S/C23H29N7O2.H2/c1-5-20(31)30-11-10-29(14-15(30)2)19-13-25-16(3)21(26-19)23-28-27-22(32-23)18-8-6-17(7-9-18)12-24-4;/h6-9,13,15,24H,5,10-12,14H2,1-4H3;1H/t15-;/m0./s1. The highest BCUT2D eigenvalue weighted by Crippen LogP contribution is 2.27. The summed E-state index contributed by atoms with van der Waals surface area (Å²) in [7, 11) is 1.92. The van der Waals surface area contributed by atoms with Crippen molar-refractivity contribution < 1.29 is 10.6 Å². The number of anilines is 1. The summed E-state index contributed by atoms with van der Waals surface area (Å²) in [6.45, 7) is 8.73. The largest absolute Gasteiger partial charge is 0.415 e. The van der Waals surface area contributed by atoms with Crippen LogP contribution in [0.1, 0.15) is 33.0 Å². The molecule has 9 nitrogen and oxygen atoms in total. The number of hydrogen-bond donors (Lipinski definition) is 1. The molecule has 1 fully saturated rings. The van der Waals surface area contributed by atoms with Crippen molar-refractivity contribution in [3.8, 4) is 23.0 Å². The summed E-state index contributed by atoms with van der Waals surface area (Å²) >= 11 is 0. The maximum atomic E-state index is 12.1. The van der Waals surface area contributed by atoms with Gasteiger partial charge in [-0.15, -0.1) is 10.2 Å². The van der Waals surface area contributed by atoms with Crippen LogP contribution >= 0.6 is 0 Å². The lowest BCUT2D eigenvalue weighted by Crippen LogP contribution is -2.54. The number of nitrogens with zero attached hydrogens (tertiary/aromatic N) is 6. The molecule has 0 radical (unpaired) electrons. The zero-order chi connectivity index (χ0) is 22.7. The molecule has 1 saturated heterocycles. The molecule has 0 unspecified atom stereocenters. The molecule has 1 N–H and O–H groups in total. The lowest BCUT2D eigenvalue weighted by Gasteiger charge is -2.40. The SMILES string of the molecule is CCC(=O)N1CCN(c2cnc(C)c(-c3nnc(-c4ccc(CNC)cc4)o3)n2)C[C@@H]1C.[HH]. The number of aryl methyl sites for hydroxylation is 1. The van der Waals surface area contributed by atoms with Crippen LogP contribution in [0.2, 0.25) is 0 Å². The van der Waals surface area contributed by atoms with Gasteiger partial charge < -0.3 is 19.5 Å². The van der Waals surface area contributed by atoms with E-state index in [-0.39, 0.29) is 13.4 Å². The van der Waals surface area contributed by atoms with E-state index < -0.39 is 0 Å². The molecular weight excluding hydrogens is 406 g/mol. The van der Waals surface area contributed by atoms with Gasteiger partial charge in [0.25, 0.3) is 5.89 Å². The number of benzene rings is 1. The first-order valence-electron chi connectivity index (χ1n) is 11.0. The molecule has 1 aromatic carbocycles. The van der Waals surface area contributed by atoms with E-state index in [1.54, 1.807) is 6.20 Å². The van der Waals surface area contributed by atoms with Gasteiger partial charge in [0, 0.05) is 45.6 Å². The minimum atomic E-state index is 0. The van der Waals surface area contributed by atoms with Crippen LogP contribution in [-0.4, -0.2) is 63.7 Å². The molecule has 3 aromatic rings. The maximum Gasteiger partial charge on any atom is 0.268 e. The summed E-state index contributed by atoms with van der Waals surface area (Å²) in [6.07, 6.45) is 2.29. The monoisotopic (exact) mass is 437 g/mol. The Morgan fingerprint density at radius 3 is 2.66 bits per heavy atom. The molecule has 1 aliphatic heterocycles. The van der Waals surface area contributed by atoms with Crippen molar-refractivity contribution in [2.45, 2.75) is 39.8 Å². The highest BCUT2D eigenvalue weighted by molar-refractivity contribution is 5.76. The van der Waals surface area contributed by atoms with Gasteiger partial charge in [-0.1, -0.05) is 19.1 Å². The van der Waals surface area contributed by atoms with E-state index in [4.69, 9.17) is 9.40 Å². The fraction of sp³-hybridized carbons (Fsp3) is 0.435. The number of carbonyl (C=O) groups is 1. The lowest BCUT2D eigenvalue weighted by molar-refractivity contribution is -0.133. The third-order valence-electron chi connectivity index (χ3n) is 5.73. The molecular formula is C23H31N7O2. The zero-order valence-corrected chi connectivity index (χ0v) is 19.0. The van der Waals surface area contributed by atoms with E-state index in [9.17, 15) is 4.79 Å². The molecule has 0 bridgehead atoms. The van der Waals surface area contributed by atoms with Gasteiger partial charge in [0.05, 0.1) is 11.9 Å². The van der Waals surface area contributed by atoms with Crippen LogP contribution < -0.4 is 10.2 Å². The van der Waals surface area contributed by atoms with Crippen LogP contribution in [-0.2, 0) is 11.3 Å². The summed E-state index contributed by atoms with van der Waals surface area (Å²) < 4.78 is 5.95. The summed E-state index contributed by atoms with van der Waals surface area (Å²) in [4.78, 5) is 25.5. The van der Waals surface area contributed by atoms with Gasteiger partial charge in [-0.2, -0.15) is 0 Å². The van der Waals surface area contributed by atoms with Crippen molar-refractivity contribution in [3.05, 3.63) is 41.7 Å². The first kappa shape index (κ1) is 21.9. The molecule has 1 atom stereocenters. The first-order chi connectivity index (χ1) is 15.5. The van der Waals surface area contributed by atoms with Gasteiger partial charge in [-0.05, 0) is 38.6 Å². The van der Waals surface area contributed by atoms with Gasteiger partial charge in [0.1, 0.15) is 5.82 Å². The summed E-state index contributed by atoms with van der Waals surface area (Å²) in [5.41, 5.74) is 3.34. The molecule has 2 aromatic heterocycles. The molecule has 3 heterocycles. The Hall–Kier alpha value is -3.33. The number of piperazine rings is 1. The topological polar surface area (TPSA) is 100 Å². The lowest BCUT2D eigenvalue weighted by atomic mass is 10.1. The quantitative estimate of drug-likeness (QED) is 0.628. The Morgan fingerprint density at radius 2 is 1.97 bits per heavy atom. The van der Waals surface area contributed by atoms with E-state index in [0.29, 0.717) is 43.5 Å². The van der Waals surface area contributed by atoms with E-state index >= 15 is 0 Å². The third kappa shape index (κ3) is 4.47. The molecule has 0 spiro atoms. The zero-order valence-electron chi connectivity index (χ0n) is 19.0. The molecule has 32 heavy (non-hydrogen) atoms. The van der Waals surface area contributed by atoms with Gasteiger partial charge in [0.2, 0.25) is 11.8 Å². The second-order valence-electron chi connectivity index (χ2n) is 8.04. The smallest absolute Gasteiger partial charge is 0.268 e. The summed E-state index contributed by atoms with van der Waals surface area (Å²) in [5.74, 6) is 1.73. The van der Waals surface area contributed by atoms with E-state index in [0.717, 1.165) is 23.6 Å². The number of amides is 1. The number of hydrogen-bond acceptors (Lipinski definition) is 8. The van der Waals surface area contributed by atoms with Crippen LogP contribution in [0.15, 0.2) is 34.9 Å². The predicted molar refractivity (Wildman–Crippen MR) is 124 cm³/mol. The molecule has 0 aliphatic carbocycles. The Labute approximate surface area is 189 Å². The molecule has 4 rings (SSSR count). The molecule has 1 aliphatic rings. The molecule has 1 amide bonds. The second-order valence-corrected chi connectivity index (χ2v) is 8.04. The minimum Gasteiger partial charge on any atom is -0.415 e. The Morgan fingerprint density at radius 1 is 1.22 bits per heavy atom. The van der Waals surface area contributed by atoms with Crippen molar-refractivity contribution >= 4 is 11.7 Å². The van der Waals surface area contributed by atoms with Gasteiger partial charge in [-0.25, -0.2) is 4.98 Å². The minimum absolute atomic E-state index is 0.